The van der Waals surface area contributed by atoms with Crippen LogP contribution in [0.1, 0.15) is 29.7 Å². The Bertz CT molecular complexity index is 576. The van der Waals surface area contributed by atoms with E-state index in [2.05, 4.69) is 0 Å². The molecule has 2 rings (SSSR count). The number of halogens is 1. The molecule has 0 aliphatic carbocycles. The molecular weight excluding hydrogens is 241 g/mol. The highest BCUT2D eigenvalue weighted by Gasteiger charge is 2.12. The van der Waals surface area contributed by atoms with Crippen LogP contribution in [-0.4, -0.2) is 0 Å². The number of hydrogen-bond donors (Lipinski definition) is 1. The molecule has 100 valence electrons. The minimum absolute atomic E-state index is 0.261. The average Bonchev–Trinajstić information content (AvgIpc) is 2.36. The van der Waals surface area contributed by atoms with Crippen LogP contribution in [0.3, 0.4) is 0 Å². The van der Waals surface area contributed by atoms with Gasteiger partial charge in [-0.15, -0.1) is 0 Å². The molecule has 1 unspecified atom stereocenters. The molecule has 0 radical (unpaired) electrons. The number of rotatable bonds is 3. The first-order valence-corrected chi connectivity index (χ1v) is 6.27. The normalized spacial score (nSPS) is 12.3. The lowest BCUT2D eigenvalue weighted by Crippen LogP contribution is -2.08. The second-order valence-electron chi connectivity index (χ2n) is 4.84. The van der Waals surface area contributed by atoms with Gasteiger partial charge in [0, 0.05) is 11.6 Å². The molecule has 0 fully saturated rings. The lowest BCUT2D eigenvalue weighted by molar-refractivity contribution is 0.468. The van der Waals surface area contributed by atoms with Gasteiger partial charge in [0.15, 0.2) is 0 Å². The highest BCUT2D eigenvalue weighted by molar-refractivity contribution is 5.43. The topological polar surface area (TPSA) is 35.2 Å². The quantitative estimate of drug-likeness (QED) is 0.894. The zero-order chi connectivity index (χ0) is 14.0. The summed E-state index contributed by atoms with van der Waals surface area (Å²) in [6.45, 7) is 5.54. The molecule has 2 N–H and O–H groups in total. The zero-order valence-electron chi connectivity index (χ0n) is 11.4. The van der Waals surface area contributed by atoms with Crippen molar-refractivity contribution >= 4 is 0 Å². The molecule has 2 nitrogen and oxygen atoms in total. The SMILES string of the molecule is Cc1ccc(Oc2cc(C)c(F)cc2C(C)N)cc1. The van der Waals surface area contributed by atoms with E-state index in [0.717, 1.165) is 11.3 Å². The van der Waals surface area contributed by atoms with Crippen LogP contribution in [0.5, 0.6) is 11.5 Å². The Kier molecular flexibility index (Phi) is 3.86. The average molecular weight is 259 g/mol. The van der Waals surface area contributed by atoms with Gasteiger partial charge in [0.05, 0.1) is 0 Å². The Labute approximate surface area is 113 Å². The van der Waals surface area contributed by atoms with E-state index < -0.39 is 0 Å². The molecule has 0 aliphatic rings. The second-order valence-corrected chi connectivity index (χ2v) is 4.84. The van der Waals surface area contributed by atoms with Crippen LogP contribution in [0.15, 0.2) is 36.4 Å². The molecule has 0 aliphatic heterocycles. The first-order valence-electron chi connectivity index (χ1n) is 6.27. The van der Waals surface area contributed by atoms with E-state index in [0.29, 0.717) is 16.9 Å². The summed E-state index contributed by atoms with van der Waals surface area (Å²) in [5, 5.41) is 0. The third-order valence-electron chi connectivity index (χ3n) is 3.03. The van der Waals surface area contributed by atoms with Gasteiger partial charge in [0.2, 0.25) is 0 Å². The van der Waals surface area contributed by atoms with Gasteiger partial charge in [-0.3, -0.25) is 0 Å². The van der Waals surface area contributed by atoms with Crippen LogP contribution >= 0.6 is 0 Å². The van der Waals surface area contributed by atoms with Crippen molar-refractivity contribution in [2.24, 2.45) is 5.73 Å². The van der Waals surface area contributed by atoms with Crippen molar-refractivity contribution < 1.29 is 9.13 Å². The van der Waals surface area contributed by atoms with E-state index in [9.17, 15) is 4.39 Å². The molecule has 0 amide bonds. The van der Waals surface area contributed by atoms with Crippen LogP contribution in [0.25, 0.3) is 0 Å². The fourth-order valence-corrected chi connectivity index (χ4v) is 1.85. The molecule has 0 heterocycles. The van der Waals surface area contributed by atoms with Crippen LogP contribution < -0.4 is 10.5 Å². The molecule has 0 bridgehead atoms. The summed E-state index contributed by atoms with van der Waals surface area (Å²) in [7, 11) is 0. The number of ether oxygens (including phenoxy) is 1. The molecule has 19 heavy (non-hydrogen) atoms. The molecule has 0 saturated heterocycles. The van der Waals surface area contributed by atoms with E-state index >= 15 is 0 Å². The largest absolute Gasteiger partial charge is 0.457 e. The Balaban J connectivity index is 2.38. The van der Waals surface area contributed by atoms with Crippen molar-refractivity contribution in [2.45, 2.75) is 26.8 Å². The van der Waals surface area contributed by atoms with E-state index in [4.69, 9.17) is 10.5 Å². The number of aryl methyl sites for hydroxylation is 2. The standard InChI is InChI=1S/C16H18FNO/c1-10-4-6-13(7-5-10)19-16-8-11(2)15(17)9-14(16)12(3)18/h4-9,12H,18H2,1-3H3. The van der Waals surface area contributed by atoms with Gasteiger partial charge in [-0.2, -0.15) is 0 Å². The van der Waals surface area contributed by atoms with Gasteiger partial charge < -0.3 is 10.5 Å². The highest BCUT2D eigenvalue weighted by atomic mass is 19.1. The van der Waals surface area contributed by atoms with Crippen molar-refractivity contribution in [3.05, 3.63) is 58.9 Å². The molecular formula is C16H18FNO. The minimum Gasteiger partial charge on any atom is -0.457 e. The summed E-state index contributed by atoms with van der Waals surface area (Å²) in [5.41, 5.74) is 8.24. The molecule has 0 aromatic heterocycles. The van der Waals surface area contributed by atoms with Crippen molar-refractivity contribution in [1.29, 1.82) is 0 Å². The first-order chi connectivity index (χ1) is 8.97. The minimum atomic E-state index is -0.282. The zero-order valence-corrected chi connectivity index (χ0v) is 11.4. The predicted molar refractivity (Wildman–Crippen MR) is 75.0 cm³/mol. The Hall–Kier alpha value is -1.87. The highest BCUT2D eigenvalue weighted by Crippen LogP contribution is 2.31. The monoisotopic (exact) mass is 259 g/mol. The third kappa shape index (κ3) is 3.12. The number of benzene rings is 2. The van der Waals surface area contributed by atoms with Gasteiger partial charge >= 0.3 is 0 Å². The molecule has 2 aromatic carbocycles. The van der Waals surface area contributed by atoms with Crippen LogP contribution in [0.2, 0.25) is 0 Å². The van der Waals surface area contributed by atoms with Crippen molar-refractivity contribution in [3.8, 4) is 11.5 Å². The van der Waals surface area contributed by atoms with Crippen molar-refractivity contribution in [2.75, 3.05) is 0 Å². The van der Waals surface area contributed by atoms with Crippen LogP contribution in [0.4, 0.5) is 4.39 Å². The Morgan fingerprint density at radius 2 is 1.74 bits per heavy atom. The molecule has 3 heteroatoms. The van der Waals surface area contributed by atoms with E-state index in [1.165, 1.54) is 6.07 Å². The van der Waals surface area contributed by atoms with Gasteiger partial charge in [-0.25, -0.2) is 4.39 Å². The summed E-state index contributed by atoms with van der Waals surface area (Å²) >= 11 is 0. The van der Waals surface area contributed by atoms with Crippen LogP contribution in [0, 0.1) is 19.7 Å². The maximum atomic E-state index is 13.6. The first kappa shape index (κ1) is 13.6. The summed E-state index contributed by atoms with van der Waals surface area (Å²) in [4.78, 5) is 0. The number of nitrogens with two attached hydrogens (primary N) is 1. The second kappa shape index (κ2) is 5.41. The van der Waals surface area contributed by atoms with E-state index in [1.54, 1.807) is 13.0 Å². The van der Waals surface area contributed by atoms with Gasteiger partial charge in [0.25, 0.3) is 0 Å². The maximum absolute atomic E-state index is 13.6. The number of hydrogen-bond acceptors (Lipinski definition) is 2. The Morgan fingerprint density at radius 1 is 1.11 bits per heavy atom. The Morgan fingerprint density at radius 3 is 2.32 bits per heavy atom. The van der Waals surface area contributed by atoms with Gasteiger partial charge in [-0.1, -0.05) is 17.7 Å². The summed E-state index contributed by atoms with van der Waals surface area (Å²) < 4.78 is 19.4. The van der Waals surface area contributed by atoms with Gasteiger partial charge in [0.1, 0.15) is 17.3 Å². The van der Waals surface area contributed by atoms with Crippen LogP contribution in [-0.2, 0) is 0 Å². The lowest BCUT2D eigenvalue weighted by Gasteiger charge is -2.15. The third-order valence-corrected chi connectivity index (χ3v) is 3.03. The van der Waals surface area contributed by atoms with Crippen molar-refractivity contribution in [1.82, 2.24) is 0 Å². The summed E-state index contributed by atoms with van der Waals surface area (Å²) in [5.74, 6) is 1.07. The predicted octanol–water partition coefficient (Wildman–Crippen LogP) is 4.25. The summed E-state index contributed by atoms with van der Waals surface area (Å²) in [6, 6.07) is 10.6. The van der Waals surface area contributed by atoms with E-state index in [-0.39, 0.29) is 11.9 Å². The van der Waals surface area contributed by atoms with E-state index in [1.807, 2.05) is 38.1 Å². The summed E-state index contributed by atoms with van der Waals surface area (Å²) in [6.07, 6.45) is 0. The van der Waals surface area contributed by atoms with Gasteiger partial charge in [-0.05, 0) is 50.6 Å². The molecule has 0 saturated carbocycles. The van der Waals surface area contributed by atoms with Crippen molar-refractivity contribution in [3.63, 3.8) is 0 Å². The molecule has 0 spiro atoms. The smallest absolute Gasteiger partial charge is 0.132 e. The fourth-order valence-electron chi connectivity index (χ4n) is 1.85. The molecule has 2 aromatic rings. The lowest BCUT2D eigenvalue weighted by atomic mass is 10.0. The molecule has 1 atom stereocenters. The fraction of sp³-hybridized carbons (Fsp3) is 0.250. The maximum Gasteiger partial charge on any atom is 0.132 e.